The SMILES string of the molecule is O=C1O[C@@H](c2ccccc2)[C@@H](c2ccccc2)N2[C@@H](c3ccc(OCCO)cc3)[C@]3(C(=O)N(C(=O)OCc4ccc([N+](=O)[O-])cc4)c4ccc(C#CC5(O)CCCCCC5)cc43)[C@@H](C(=O)Nc3nc4ccccc4s3)[C@H]12. The van der Waals surface area contributed by atoms with E-state index in [-0.39, 0.29) is 41.9 Å². The fourth-order valence-corrected chi connectivity index (χ4v) is 12.4. The van der Waals surface area contributed by atoms with Crippen molar-refractivity contribution in [2.45, 2.75) is 80.4 Å². The number of aliphatic hydroxyl groups is 2. The van der Waals surface area contributed by atoms with Gasteiger partial charge in [-0.25, -0.2) is 14.7 Å². The van der Waals surface area contributed by atoms with Gasteiger partial charge in [-0.15, -0.1) is 0 Å². The molecule has 3 amide bonds. The van der Waals surface area contributed by atoms with Gasteiger partial charge in [-0.1, -0.05) is 121 Å². The highest BCUT2D eigenvalue weighted by molar-refractivity contribution is 7.22. The van der Waals surface area contributed by atoms with Crippen molar-refractivity contribution in [3.63, 3.8) is 0 Å². The van der Waals surface area contributed by atoms with Gasteiger partial charge in [0.1, 0.15) is 42.1 Å². The Morgan fingerprint density at radius 3 is 2.20 bits per heavy atom. The maximum absolute atomic E-state index is 16.8. The highest BCUT2D eigenvalue weighted by Crippen LogP contribution is 2.66. The Hall–Kier alpha value is -8.27. The van der Waals surface area contributed by atoms with Crippen molar-refractivity contribution < 1.29 is 48.5 Å². The summed E-state index contributed by atoms with van der Waals surface area (Å²) in [6, 6.07) is 39.5. The standard InChI is InChI=1S/C59H51N5O11S/c65-33-34-73-43-26-22-41(23-27-43)52-59(44-35-37(29-32-58(70)30-11-1-2-12-31-58)21-28-46(44)62(55(59)68)57(69)74-36-38-19-24-42(25-20-38)64(71)72)48(53(66)61-56-60-45-17-9-10-18-47(45)76-56)50-54(67)75-51(40-15-7-4-8-16-40)49(63(50)52)39-13-5-3-6-14-39/h3-10,13-28,35,48-52,65,70H,1-2,11-12,30-31,33-34,36H2,(H,60,61,66)/t48-,49-,50-,51+,52+,59-/m1/s1. The molecule has 3 N–H and O–H groups in total. The molecule has 16 nitrogen and oxygen atoms in total. The van der Waals surface area contributed by atoms with Crippen molar-refractivity contribution in [1.82, 2.24) is 9.88 Å². The molecule has 1 spiro atoms. The molecule has 2 saturated heterocycles. The summed E-state index contributed by atoms with van der Waals surface area (Å²) in [5.41, 5.74) is -0.200. The smallest absolute Gasteiger partial charge is 0.421 e. The molecule has 1 saturated carbocycles. The molecule has 0 bridgehead atoms. The van der Waals surface area contributed by atoms with E-state index in [0.29, 0.717) is 51.9 Å². The summed E-state index contributed by atoms with van der Waals surface area (Å²) in [7, 11) is 0. The van der Waals surface area contributed by atoms with Gasteiger partial charge in [0.2, 0.25) is 11.8 Å². The summed E-state index contributed by atoms with van der Waals surface area (Å²) >= 11 is 1.21. The van der Waals surface area contributed by atoms with Crippen molar-refractivity contribution >= 4 is 61.9 Å². The van der Waals surface area contributed by atoms with Gasteiger partial charge in [0.15, 0.2) is 5.13 Å². The summed E-state index contributed by atoms with van der Waals surface area (Å²) in [6.07, 6.45) is 2.36. The largest absolute Gasteiger partial charge is 0.491 e. The summed E-state index contributed by atoms with van der Waals surface area (Å²) < 4.78 is 19.2. The van der Waals surface area contributed by atoms with Gasteiger partial charge in [-0.3, -0.25) is 29.4 Å². The third-order valence-corrected chi connectivity index (χ3v) is 15.8. The number of ether oxygens (including phenoxy) is 3. The van der Waals surface area contributed by atoms with Gasteiger partial charge in [-0.05, 0) is 108 Å². The second-order valence-electron chi connectivity index (χ2n) is 19.4. The van der Waals surface area contributed by atoms with E-state index in [4.69, 9.17) is 19.2 Å². The number of nitro groups is 1. The molecule has 6 aromatic carbocycles. The Morgan fingerprint density at radius 1 is 0.829 bits per heavy atom. The molecule has 11 rings (SSSR count). The van der Waals surface area contributed by atoms with Crippen molar-refractivity contribution in [2.75, 3.05) is 23.4 Å². The number of hydrogen-bond acceptors (Lipinski definition) is 14. The second-order valence-corrected chi connectivity index (χ2v) is 20.5. The topological polar surface area (TPSA) is 211 Å². The fourth-order valence-electron chi connectivity index (χ4n) is 11.5. The van der Waals surface area contributed by atoms with Crippen LogP contribution in [0.4, 0.5) is 21.3 Å². The third kappa shape index (κ3) is 9.12. The number of imide groups is 1. The van der Waals surface area contributed by atoms with Crippen LogP contribution in [-0.4, -0.2) is 73.8 Å². The number of non-ortho nitro benzene ring substituents is 1. The molecular formula is C59H51N5O11S. The Bertz CT molecular complexity index is 3380. The number of carbonyl (C=O) groups excluding carboxylic acids is 4. The highest BCUT2D eigenvalue weighted by atomic mass is 32.1. The minimum Gasteiger partial charge on any atom is -0.491 e. The molecule has 4 aliphatic rings. The molecule has 76 heavy (non-hydrogen) atoms. The van der Waals surface area contributed by atoms with Crippen molar-refractivity contribution in [3.05, 3.63) is 195 Å². The summed E-state index contributed by atoms with van der Waals surface area (Å²) in [4.78, 5) is 81.9. The van der Waals surface area contributed by atoms with Crippen molar-refractivity contribution in [2.24, 2.45) is 5.92 Å². The van der Waals surface area contributed by atoms with Gasteiger partial charge >= 0.3 is 12.1 Å². The zero-order valence-corrected chi connectivity index (χ0v) is 41.8. The van der Waals surface area contributed by atoms with Crippen LogP contribution in [0.15, 0.2) is 152 Å². The van der Waals surface area contributed by atoms with Crippen LogP contribution in [0.3, 0.4) is 0 Å². The predicted octanol–water partition coefficient (Wildman–Crippen LogP) is 9.65. The lowest BCUT2D eigenvalue weighted by molar-refractivity contribution is -0.384. The van der Waals surface area contributed by atoms with Gasteiger partial charge < -0.3 is 29.7 Å². The molecule has 3 aliphatic heterocycles. The highest BCUT2D eigenvalue weighted by Gasteiger charge is 2.76. The summed E-state index contributed by atoms with van der Waals surface area (Å²) in [5.74, 6) is 2.64. The molecule has 0 unspecified atom stereocenters. The number of fused-ring (bicyclic) bond motifs is 4. The van der Waals surface area contributed by atoms with E-state index in [0.717, 1.165) is 35.3 Å². The Labute approximate surface area is 441 Å². The number of esters is 1. The number of nitrogens with one attached hydrogen (secondary N) is 1. The first-order valence-electron chi connectivity index (χ1n) is 25.2. The molecule has 17 heteroatoms. The minimum absolute atomic E-state index is 0.00263. The molecule has 3 fully saturated rings. The van der Waals surface area contributed by atoms with E-state index in [1.807, 2.05) is 89.8 Å². The normalized spacial score (nSPS) is 22.7. The van der Waals surface area contributed by atoms with Crippen molar-refractivity contribution in [1.29, 1.82) is 0 Å². The number of benzene rings is 6. The Morgan fingerprint density at radius 2 is 1.51 bits per heavy atom. The number of para-hydroxylation sites is 1. The number of hydrogen-bond donors (Lipinski definition) is 3. The van der Waals surface area contributed by atoms with Gasteiger partial charge in [0.05, 0.1) is 45.4 Å². The Balaban J connectivity index is 1.16. The van der Waals surface area contributed by atoms with E-state index < -0.39 is 70.0 Å². The average molecular weight is 1040 g/mol. The van der Waals surface area contributed by atoms with E-state index >= 15 is 19.2 Å². The number of aromatic nitrogens is 1. The van der Waals surface area contributed by atoms with Crippen LogP contribution in [0, 0.1) is 27.9 Å². The van der Waals surface area contributed by atoms with Gasteiger partial charge in [-0.2, -0.15) is 0 Å². The minimum atomic E-state index is -2.19. The lowest BCUT2D eigenvalue weighted by atomic mass is 9.65. The molecule has 384 valence electrons. The van der Waals surface area contributed by atoms with E-state index in [1.165, 1.54) is 35.6 Å². The molecule has 6 atom stereocenters. The molecule has 0 radical (unpaired) electrons. The first-order chi connectivity index (χ1) is 37.0. The maximum atomic E-state index is 16.8. The van der Waals surface area contributed by atoms with Crippen LogP contribution in [0.2, 0.25) is 0 Å². The van der Waals surface area contributed by atoms with Crippen LogP contribution < -0.4 is 15.0 Å². The van der Waals surface area contributed by atoms with E-state index in [2.05, 4.69) is 17.2 Å². The first-order valence-corrected chi connectivity index (χ1v) is 26.0. The van der Waals surface area contributed by atoms with Crippen molar-refractivity contribution in [3.8, 4) is 17.6 Å². The third-order valence-electron chi connectivity index (χ3n) is 14.9. The van der Waals surface area contributed by atoms with Crippen LogP contribution in [0.5, 0.6) is 5.75 Å². The maximum Gasteiger partial charge on any atom is 0.421 e. The Kier molecular flexibility index (Phi) is 13.7. The van der Waals surface area contributed by atoms with Crippen LogP contribution >= 0.6 is 11.3 Å². The lowest BCUT2D eigenvalue weighted by Crippen LogP contribution is -2.54. The number of aliphatic hydroxyl groups excluding tert-OH is 1. The number of carbonyl (C=O) groups is 4. The number of cyclic esters (lactones) is 1. The van der Waals surface area contributed by atoms with Gasteiger partial charge in [0, 0.05) is 17.7 Å². The number of amides is 3. The second kappa shape index (κ2) is 20.8. The molecular weight excluding hydrogens is 987 g/mol. The van der Waals surface area contributed by atoms with Crippen LogP contribution in [0.25, 0.3) is 10.2 Å². The van der Waals surface area contributed by atoms with E-state index in [9.17, 15) is 20.3 Å². The van der Waals surface area contributed by atoms with Gasteiger partial charge in [0.25, 0.3) is 5.69 Å². The predicted molar refractivity (Wildman–Crippen MR) is 282 cm³/mol. The number of thiazole rings is 1. The molecule has 1 aliphatic carbocycles. The quantitative estimate of drug-likeness (QED) is 0.0363. The average Bonchev–Trinajstić information content (AvgIpc) is 4.05. The number of nitrogens with zero attached hydrogens (tertiary/aromatic N) is 4. The molecule has 7 aromatic rings. The van der Waals surface area contributed by atoms with Crippen LogP contribution in [-0.2, 0) is 35.9 Å². The number of morpholine rings is 1. The molecule has 1 aromatic heterocycles. The summed E-state index contributed by atoms with van der Waals surface area (Å²) in [6.45, 7) is -0.640. The van der Waals surface area contributed by atoms with Crippen LogP contribution in [0.1, 0.15) is 90.1 Å². The van der Waals surface area contributed by atoms with E-state index in [1.54, 1.807) is 42.5 Å². The zero-order valence-electron chi connectivity index (χ0n) is 41.0. The number of rotatable bonds is 11. The number of nitro benzene ring substituents is 1. The summed E-state index contributed by atoms with van der Waals surface area (Å²) in [5, 5.41) is 36.2. The first kappa shape index (κ1) is 49.9. The zero-order chi connectivity index (χ0) is 52.6. The molecule has 4 heterocycles. The lowest BCUT2D eigenvalue weighted by Gasteiger charge is -2.46. The monoisotopic (exact) mass is 1040 g/mol. The fraction of sp³-hybridized carbons (Fsp3) is 0.271. The number of anilines is 2.